The van der Waals surface area contributed by atoms with Crippen LogP contribution in [0, 0.1) is 5.92 Å². The number of rotatable bonds is 5. The Balaban J connectivity index is 1.26. The number of carbonyl (C=O) groups is 2. The number of nitrogens with zero attached hydrogens (tertiary/aromatic N) is 3. The standard InChI is InChI=1S/C24H25N3O4S2/c1-14-7-8-19-17(9-14)11-20(33-19)22-25-26-24(31-22)32-13-21(28)27-12-16-6-4-3-5-15(16)10-18(27)23(29)30-2/h3-6,11,14,18H,7-10,12-13H2,1-2H3/t14-,18-/m0/s1. The molecule has 1 aliphatic heterocycles. The Morgan fingerprint density at radius 2 is 2.03 bits per heavy atom. The fourth-order valence-electron chi connectivity index (χ4n) is 4.52. The quantitative estimate of drug-likeness (QED) is 0.398. The van der Waals surface area contributed by atoms with Gasteiger partial charge in [0.15, 0.2) is 0 Å². The molecule has 0 spiro atoms. The van der Waals surface area contributed by atoms with Gasteiger partial charge in [-0.1, -0.05) is 43.0 Å². The summed E-state index contributed by atoms with van der Waals surface area (Å²) in [4.78, 5) is 29.4. The third-order valence-corrected chi connectivity index (χ3v) is 8.34. The maximum absolute atomic E-state index is 13.1. The Morgan fingerprint density at radius 3 is 2.85 bits per heavy atom. The average molecular weight is 484 g/mol. The lowest BCUT2D eigenvalue weighted by molar-refractivity contribution is -0.153. The van der Waals surface area contributed by atoms with Crippen LogP contribution in [0.15, 0.2) is 40.0 Å². The number of hydrogen-bond acceptors (Lipinski definition) is 8. The van der Waals surface area contributed by atoms with Crippen molar-refractivity contribution >= 4 is 35.0 Å². The highest BCUT2D eigenvalue weighted by molar-refractivity contribution is 7.99. The lowest BCUT2D eigenvalue weighted by atomic mass is 9.90. The number of thioether (sulfide) groups is 1. The number of carbonyl (C=O) groups excluding carboxylic acids is 2. The van der Waals surface area contributed by atoms with Crippen molar-refractivity contribution in [3.8, 4) is 10.8 Å². The van der Waals surface area contributed by atoms with Crippen molar-refractivity contribution in [3.63, 3.8) is 0 Å². The van der Waals surface area contributed by atoms with Gasteiger partial charge in [-0.05, 0) is 47.9 Å². The molecular formula is C24H25N3O4S2. The summed E-state index contributed by atoms with van der Waals surface area (Å²) in [5.74, 6) is 0.742. The van der Waals surface area contributed by atoms with Crippen LogP contribution < -0.4 is 0 Å². The lowest BCUT2D eigenvalue weighted by Gasteiger charge is -2.35. The van der Waals surface area contributed by atoms with E-state index in [1.807, 2.05) is 24.3 Å². The minimum absolute atomic E-state index is 0.107. The molecule has 1 aliphatic carbocycles. The number of aryl methyl sites for hydroxylation is 1. The molecule has 172 valence electrons. The maximum Gasteiger partial charge on any atom is 0.328 e. The Bertz CT molecular complexity index is 1190. The van der Waals surface area contributed by atoms with Crippen LogP contribution in [0.5, 0.6) is 0 Å². The third-order valence-electron chi connectivity index (χ3n) is 6.31. The molecule has 9 heteroatoms. The summed E-state index contributed by atoms with van der Waals surface area (Å²) in [7, 11) is 1.35. The van der Waals surface area contributed by atoms with Crippen molar-refractivity contribution in [2.45, 2.75) is 50.4 Å². The molecule has 5 rings (SSSR count). The van der Waals surface area contributed by atoms with E-state index in [0.717, 1.165) is 28.8 Å². The van der Waals surface area contributed by atoms with E-state index in [-0.39, 0.29) is 11.7 Å². The first-order chi connectivity index (χ1) is 16.0. The fraction of sp³-hybridized carbons (Fsp3) is 0.417. The summed E-state index contributed by atoms with van der Waals surface area (Å²) in [6, 6.07) is 9.40. The minimum atomic E-state index is -0.629. The molecule has 0 radical (unpaired) electrons. The van der Waals surface area contributed by atoms with E-state index in [2.05, 4.69) is 23.2 Å². The van der Waals surface area contributed by atoms with E-state index < -0.39 is 12.0 Å². The number of amides is 1. The van der Waals surface area contributed by atoms with Gasteiger partial charge in [-0.3, -0.25) is 4.79 Å². The molecule has 3 heterocycles. The van der Waals surface area contributed by atoms with Crippen molar-refractivity contribution in [2.24, 2.45) is 5.92 Å². The van der Waals surface area contributed by atoms with Gasteiger partial charge in [0.1, 0.15) is 6.04 Å². The fourth-order valence-corrected chi connectivity index (χ4v) is 6.30. The molecule has 0 unspecified atom stereocenters. The first-order valence-electron chi connectivity index (χ1n) is 11.0. The Labute approximate surface area is 200 Å². The van der Waals surface area contributed by atoms with Crippen molar-refractivity contribution in [1.29, 1.82) is 0 Å². The zero-order chi connectivity index (χ0) is 22.9. The van der Waals surface area contributed by atoms with Crippen LogP contribution in [0.1, 0.15) is 34.9 Å². The largest absolute Gasteiger partial charge is 0.467 e. The van der Waals surface area contributed by atoms with Crippen molar-refractivity contribution in [1.82, 2.24) is 15.1 Å². The third kappa shape index (κ3) is 4.56. The highest BCUT2D eigenvalue weighted by Crippen LogP contribution is 2.37. The predicted molar refractivity (Wildman–Crippen MR) is 126 cm³/mol. The van der Waals surface area contributed by atoms with Crippen molar-refractivity contribution in [3.05, 3.63) is 51.9 Å². The van der Waals surface area contributed by atoms with Gasteiger partial charge in [0.2, 0.25) is 5.91 Å². The molecule has 1 amide bonds. The van der Waals surface area contributed by atoms with Crippen LogP contribution >= 0.6 is 23.1 Å². The summed E-state index contributed by atoms with van der Waals surface area (Å²) in [5.41, 5.74) is 3.50. The van der Waals surface area contributed by atoms with Crippen LogP contribution in [-0.2, 0) is 40.1 Å². The second kappa shape index (κ2) is 9.30. The summed E-state index contributed by atoms with van der Waals surface area (Å²) in [5, 5.41) is 8.68. The van der Waals surface area contributed by atoms with Crippen LogP contribution in [0.3, 0.4) is 0 Å². The van der Waals surface area contributed by atoms with Gasteiger partial charge in [-0.25, -0.2) is 4.79 Å². The van der Waals surface area contributed by atoms with E-state index in [9.17, 15) is 9.59 Å². The predicted octanol–water partition coefficient (Wildman–Crippen LogP) is 4.14. The van der Waals surface area contributed by atoms with Crippen LogP contribution in [0.2, 0.25) is 0 Å². The van der Waals surface area contributed by atoms with E-state index in [1.54, 1.807) is 16.2 Å². The maximum atomic E-state index is 13.1. The monoisotopic (exact) mass is 483 g/mol. The van der Waals surface area contributed by atoms with Gasteiger partial charge in [-0.2, -0.15) is 0 Å². The zero-order valence-electron chi connectivity index (χ0n) is 18.6. The number of methoxy groups -OCH3 is 1. The Morgan fingerprint density at radius 1 is 1.21 bits per heavy atom. The van der Waals surface area contributed by atoms with Gasteiger partial charge in [-0.15, -0.1) is 21.5 Å². The van der Waals surface area contributed by atoms with Gasteiger partial charge in [0.05, 0.1) is 17.7 Å². The molecule has 0 saturated heterocycles. The van der Waals surface area contributed by atoms with E-state index in [0.29, 0.717) is 30.0 Å². The molecule has 3 aromatic rings. The molecule has 2 aliphatic rings. The molecule has 7 nitrogen and oxygen atoms in total. The van der Waals surface area contributed by atoms with E-state index in [1.165, 1.54) is 35.7 Å². The number of thiophene rings is 1. The van der Waals surface area contributed by atoms with Gasteiger partial charge in [0, 0.05) is 17.8 Å². The number of ether oxygens (including phenoxy) is 1. The number of aromatic nitrogens is 2. The minimum Gasteiger partial charge on any atom is -0.467 e. The second-order valence-corrected chi connectivity index (χ2v) is 10.7. The molecule has 0 N–H and O–H groups in total. The van der Waals surface area contributed by atoms with Crippen LogP contribution in [0.4, 0.5) is 0 Å². The molecule has 0 fully saturated rings. The summed E-state index contributed by atoms with van der Waals surface area (Å²) in [6.07, 6.45) is 3.86. The van der Waals surface area contributed by atoms with Crippen molar-refractivity contribution in [2.75, 3.05) is 12.9 Å². The number of benzene rings is 1. The zero-order valence-corrected chi connectivity index (χ0v) is 20.2. The van der Waals surface area contributed by atoms with Gasteiger partial charge >= 0.3 is 5.97 Å². The lowest BCUT2D eigenvalue weighted by Crippen LogP contribution is -2.49. The molecule has 2 aromatic heterocycles. The average Bonchev–Trinajstić information content (AvgIpc) is 3.47. The van der Waals surface area contributed by atoms with E-state index in [4.69, 9.17) is 9.15 Å². The summed E-state index contributed by atoms with van der Waals surface area (Å²) in [6.45, 7) is 2.66. The highest BCUT2D eigenvalue weighted by Gasteiger charge is 2.35. The Kier molecular flexibility index (Phi) is 6.25. The topological polar surface area (TPSA) is 85.5 Å². The number of esters is 1. The first kappa shape index (κ1) is 22.2. The number of fused-ring (bicyclic) bond motifs is 2. The molecule has 0 saturated carbocycles. The highest BCUT2D eigenvalue weighted by atomic mass is 32.2. The summed E-state index contributed by atoms with van der Waals surface area (Å²) >= 11 is 2.91. The van der Waals surface area contributed by atoms with Crippen molar-refractivity contribution < 1.29 is 18.7 Å². The second-order valence-electron chi connectivity index (χ2n) is 8.60. The SMILES string of the molecule is COC(=O)[C@@H]1Cc2ccccc2CN1C(=O)CSc1nnc(-c2cc3c(s2)CC[C@H](C)C3)o1. The molecule has 0 bridgehead atoms. The smallest absolute Gasteiger partial charge is 0.328 e. The van der Waals surface area contributed by atoms with Crippen LogP contribution in [-0.4, -0.2) is 45.9 Å². The number of hydrogen-bond donors (Lipinski definition) is 0. The normalized spacial score (nSPS) is 19.6. The van der Waals surface area contributed by atoms with Gasteiger partial charge < -0.3 is 14.1 Å². The van der Waals surface area contributed by atoms with E-state index >= 15 is 0 Å². The van der Waals surface area contributed by atoms with Crippen LogP contribution in [0.25, 0.3) is 10.8 Å². The molecular weight excluding hydrogens is 458 g/mol. The molecule has 2 atom stereocenters. The van der Waals surface area contributed by atoms with Gasteiger partial charge in [0.25, 0.3) is 11.1 Å². The summed E-state index contributed by atoms with van der Waals surface area (Å²) < 4.78 is 10.8. The first-order valence-corrected chi connectivity index (χ1v) is 12.8. The Hall–Kier alpha value is -2.65. The molecule has 33 heavy (non-hydrogen) atoms. The molecule has 1 aromatic carbocycles.